The van der Waals surface area contributed by atoms with Crippen molar-refractivity contribution in [2.45, 2.75) is 52.0 Å². The highest BCUT2D eigenvalue weighted by Crippen LogP contribution is 2.32. The number of nitrogens with one attached hydrogen (secondary N) is 1. The van der Waals surface area contributed by atoms with Gasteiger partial charge in [0.15, 0.2) is 0 Å². The molecule has 0 aromatic heterocycles. The third kappa shape index (κ3) is 4.32. The second-order valence-electron chi connectivity index (χ2n) is 5.98. The standard InChI is InChI=1S/C17H26BrN/c1-3-19-17(14-10-8-13(2)9-11-14)12-15-6-4-5-7-16(15)18/h4-7,13-14,17,19H,3,8-12H2,1-2H3. The summed E-state index contributed by atoms with van der Waals surface area (Å²) in [4.78, 5) is 0. The van der Waals surface area contributed by atoms with Gasteiger partial charge in [0, 0.05) is 10.5 Å². The Kier molecular flexibility index (Phi) is 5.90. The molecule has 1 aromatic rings. The average Bonchev–Trinajstić information content (AvgIpc) is 2.42. The highest BCUT2D eigenvalue weighted by molar-refractivity contribution is 9.10. The molecule has 1 aliphatic carbocycles. The minimum Gasteiger partial charge on any atom is -0.314 e. The van der Waals surface area contributed by atoms with Gasteiger partial charge in [-0.3, -0.25) is 0 Å². The van der Waals surface area contributed by atoms with Crippen LogP contribution in [-0.4, -0.2) is 12.6 Å². The first-order valence-corrected chi connectivity index (χ1v) is 8.46. The Morgan fingerprint density at radius 3 is 2.53 bits per heavy atom. The van der Waals surface area contributed by atoms with Crippen LogP contribution >= 0.6 is 15.9 Å². The summed E-state index contributed by atoms with van der Waals surface area (Å²) in [6, 6.07) is 9.28. The monoisotopic (exact) mass is 323 g/mol. The number of benzene rings is 1. The van der Waals surface area contributed by atoms with Crippen LogP contribution in [-0.2, 0) is 6.42 Å². The van der Waals surface area contributed by atoms with Gasteiger partial charge in [0.25, 0.3) is 0 Å². The summed E-state index contributed by atoms with van der Waals surface area (Å²) in [5, 5.41) is 3.72. The molecule has 2 rings (SSSR count). The third-order valence-electron chi connectivity index (χ3n) is 4.49. The lowest BCUT2D eigenvalue weighted by atomic mass is 9.77. The number of likely N-dealkylation sites (N-methyl/N-ethyl adjacent to an activating group) is 1. The van der Waals surface area contributed by atoms with Crippen LogP contribution in [0.1, 0.15) is 45.1 Å². The van der Waals surface area contributed by atoms with Crippen molar-refractivity contribution in [3.8, 4) is 0 Å². The lowest BCUT2D eigenvalue weighted by Gasteiger charge is -2.33. The molecular weight excluding hydrogens is 298 g/mol. The number of hydrogen-bond acceptors (Lipinski definition) is 1. The van der Waals surface area contributed by atoms with Gasteiger partial charge in [0.05, 0.1) is 0 Å². The molecule has 2 heteroatoms. The van der Waals surface area contributed by atoms with Gasteiger partial charge >= 0.3 is 0 Å². The van der Waals surface area contributed by atoms with Crippen LogP contribution in [0, 0.1) is 11.8 Å². The van der Waals surface area contributed by atoms with E-state index >= 15 is 0 Å². The van der Waals surface area contributed by atoms with Crippen LogP contribution in [0.3, 0.4) is 0 Å². The molecule has 1 aromatic carbocycles. The minimum absolute atomic E-state index is 0.635. The van der Waals surface area contributed by atoms with E-state index in [1.165, 1.54) is 35.7 Å². The number of rotatable bonds is 5. The summed E-state index contributed by atoms with van der Waals surface area (Å²) in [5.74, 6) is 1.78. The number of hydrogen-bond donors (Lipinski definition) is 1. The van der Waals surface area contributed by atoms with Crippen LogP contribution in [0.4, 0.5) is 0 Å². The fourth-order valence-electron chi connectivity index (χ4n) is 3.26. The summed E-state index contributed by atoms with van der Waals surface area (Å²) in [6.07, 6.45) is 6.74. The molecule has 106 valence electrons. The van der Waals surface area contributed by atoms with Gasteiger partial charge in [-0.15, -0.1) is 0 Å². The maximum atomic E-state index is 3.72. The molecule has 1 N–H and O–H groups in total. The normalized spacial score (nSPS) is 25.2. The smallest absolute Gasteiger partial charge is 0.0207 e. The van der Waals surface area contributed by atoms with Crippen molar-refractivity contribution in [3.63, 3.8) is 0 Å². The molecule has 1 atom stereocenters. The molecule has 1 nitrogen and oxygen atoms in total. The maximum Gasteiger partial charge on any atom is 0.0207 e. The van der Waals surface area contributed by atoms with E-state index in [0.717, 1.165) is 24.8 Å². The van der Waals surface area contributed by atoms with Gasteiger partial charge in [-0.1, -0.05) is 60.8 Å². The van der Waals surface area contributed by atoms with Crippen LogP contribution in [0.15, 0.2) is 28.7 Å². The SMILES string of the molecule is CCNC(Cc1ccccc1Br)C1CCC(C)CC1. The molecule has 0 saturated heterocycles. The molecular formula is C17H26BrN. The zero-order chi connectivity index (χ0) is 13.7. The van der Waals surface area contributed by atoms with E-state index in [1.54, 1.807) is 0 Å². The largest absolute Gasteiger partial charge is 0.314 e. The van der Waals surface area contributed by atoms with E-state index in [1.807, 2.05) is 0 Å². The lowest BCUT2D eigenvalue weighted by Crippen LogP contribution is -2.39. The van der Waals surface area contributed by atoms with Crippen LogP contribution in [0.25, 0.3) is 0 Å². The van der Waals surface area contributed by atoms with E-state index in [2.05, 4.69) is 59.4 Å². The van der Waals surface area contributed by atoms with Crippen molar-refractivity contribution in [2.75, 3.05) is 6.54 Å². The van der Waals surface area contributed by atoms with Gasteiger partial charge in [0.1, 0.15) is 0 Å². The van der Waals surface area contributed by atoms with Crippen LogP contribution in [0.2, 0.25) is 0 Å². The van der Waals surface area contributed by atoms with Crippen molar-refractivity contribution in [1.82, 2.24) is 5.32 Å². The zero-order valence-corrected chi connectivity index (χ0v) is 13.7. The fourth-order valence-corrected chi connectivity index (χ4v) is 3.70. The highest BCUT2D eigenvalue weighted by atomic mass is 79.9. The molecule has 0 aliphatic heterocycles. The molecule has 19 heavy (non-hydrogen) atoms. The Labute approximate surface area is 126 Å². The van der Waals surface area contributed by atoms with Crippen LogP contribution < -0.4 is 5.32 Å². The van der Waals surface area contributed by atoms with Crippen molar-refractivity contribution in [3.05, 3.63) is 34.3 Å². The van der Waals surface area contributed by atoms with E-state index in [0.29, 0.717) is 6.04 Å². The molecule has 1 saturated carbocycles. The third-order valence-corrected chi connectivity index (χ3v) is 5.27. The highest BCUT2D eigenvalue weighted by Gasteiger charge is 2.25. The van der Waals surface area contributed by atoms with E-state index in [9.17, 15) is 0 Å². The van der Waals surface area contributed by atoms with Gasteiger partial charge < -0.3 is 5.32 Å². The predicted octanol–water partition coefficient (Wildman–Crippen LogP) is 4.80. The first kappa shape index (κ1) is 15.1. The molecule has 0 bridgehead atoms. The predicted molar refractivity (Wildman–Crippen MR) is 86.4 cm³/mol. The molecule has 1 fully saturated rings. The Morgan fingerprint density at radius 2 is 1.89 bits per heavy atom. The summed E-state index contributed by atoms with van der Waals surface area (Å²) < 4.78 is 1.25. The lowest BCUT2D eigenvalue weighted by molar-refractivity contribution is 0.230. The second-order valence-corrected chi connectivity index (χ2v) is 6.83. The Hall–Kier alpha value is -0.340. The van der Waals surface area contributed by atoms with Crippen molar-refractivity contribution < 1.29 is 0 Å². The van der Waals surface area contributed by atoms with Gasteiger partial charge in [-0.05, 0) is 49.3 Å². The zero-order valence-electron chi connectivity index (χ0n) is 12.2. The molecule has 0 spiro atoms. The van der Waals surface area contributed by atoms with Gasteiger partial charge in [-0.25, -0.2) is 0 Å². The van der Waals surface area contributed by atoms with E-state index < -0.39 is 0 Å². The summed E-state index contributed by atoms with van der Waals surface area (Å²) in [6.45, 7) is 5.69. The molecule has 1 unspecified atom stereocenters. The second kappa shape index (κ2) is 7.44. The van der Waals surface area contributed by atoms with Gasteiger partial charge in [0.2, 0.25) is 0 Å². The van der Waals surface area contributed by atoms with E-state index in [-0.39, 0.29) is 0 Å². The summed E-state index contributed by atoms with van der Waals surface area (Å²) in [5.41, 5.74) is 1.44. The topological polar surface area (TPSA) is 12.0 Å². The molecule has 0 amide bonds. The van der Waals surface area contributed by atoms with Crippen molar-refractivity contribution >= 4 is 15.9 Å². The minimum atomic E-state index is 0.635. The Morgan fingerprint density at radius 1 is 1.21 bits per heavy atom. The van der Waals surface area contributed by atoms with Crippen molar-refractivity contribution in [2.24, 2.45) is 11.8 Å². The summed E-state index contributed by atoms with van der Waals surface area (Å²) in [7, 11) is 0. The van der Waals surface area contributed by atoms with E-state index in [4.69, 9.17) is 0 Å². The van der Waals surface area contributed by atoms with Gasteiger partial charge in [-0.2, -0.15) is 0 Å². The molecule has 0 heterocycles. The van der Waals surface area contributed by atoms with Crippen LogP contribution in [0.5, 0.6) is 0 Å². The fraction of sp³-hybridized carbons (Fsp3) is 0.647. The molecule has 1 aliphatic rings. The maximum absolute atomic E-state index is 3.72. The first-order chi connectivity index (χ1) is 9.20. The Balaban J connectivity index is 2.02. The first-order valence-electron chi connectivity index (χ1n) is 7.67. The molecule has 0 radical (unpaired) electrons. The van der Waals surface area contributed by atoms with Crippen molar-refractivity contribution in [1.29, 1.82) is 0 Å². The Bertz CT molecular complexity index is 383. The summed E-state index contributed by atoms with van der Waals surface area (Å²) >= 11 is 3.68. The average molecular weight is 324 g/mol. The number of halogens is 1. The quantitative estimate of drug-likeness (QED) is 0.821.